The van der Waals surface area contributed by atoms with E-state index in [1.165, 1.54) is 0 Å². The number of ether oxygens (including phenoxy) is 1. The van der Waals surface area contributed by atoms with Gasteiger partial charge in [0, 0.05) is 24.2 Å². The molecule has 0 amide bonds. The molecule has 0 radical (unpaired) electrons. The van der Waals surface area contributed by atoms with Crippen molar-refractivity contribution < 1.29 is 9.84 Å². The van der Waals surface area contributed by atoms with Crippen molar-refractivity contribution in [1.29, 1.82) is 0 Å². The second-order valence-electron chi connectivity index (χ2n) is 7.70. The van der Waals surface area contributed by atoms with Gasteiger partial charge in [0.05, 0.1) is 24.4 Å². The molecular weight excluding hydrogens is 390 g/mol. The van der Waals surface area contributed by atoms with E-state index < -0.39 is 0 Å². The Hall–Kier alpha value is -3.42. The maximum absolute atomic E-state index is 9.79. The first-order valence-corrected chi connectivity index (χ1v) is 10.6. The quantitative estimate of drug-likeness (QED) is 0.396. The summed E-state index contributed by atoms with van der Waals surface area (Å²) in [4.78, 5) is 7.92. The van der Waals surface area contributed by atoms with Crippen molar-refractivity contribution in [3.8, 4) is 28.4 Å². The van der Waals surface area contributed by atoms with E-state index >= 15 is 0 Å². The van der Waals surface area contributed by atoms with Crippen LogP contribution in [-0.2, 0) is 11.2 Å². The lowest BCUT2D eigenvalue weighted by Gasteiger charge is -2.20. The first-order chi connectivity index (χ1) is 15.2. The van der Waals surface area contributed by atoms with Crippen molar-refractivity contribution in [3.05, 3.63) is 59.9 Å². The molecule has 1 saturated heterocycles. The van der Waals surface area contributed by atoms with E-state index in [4.69, 9.17) is 4.74 Å². The first kappa shape index (κ1) is 19.5. The maximum Gasteiger partial charge on any atom is 0.159 e. The summed E-state index contributed by atoms with van der Waals surface area (Å²) in [6.45, 7) is 4.40. The van der Waals surface area contributed by atoms with Crippen molar-refractivity contribution in [2.24, 2.45) is 0 Å². The Morgan fingerprint density at radius 3 is 3.00 bits per heavy atom. The predicted molar refractivity (Wildman–Crippen MR) is 122 cm³/mol. The number of aromatic nitrogens is 4. The molecule has 158 valence electrons. The zero-order valence-electron chi connectivity index (χ0n) is 17.4. The van der Waals surface area contributed by atoms with Gasteiger partial charge in [0.15, 0.2) is 5.82 Å². The molecule has 0 bridgehead atoms. The molecule has 0 aliphatic carbocycles. The van der Waals surface area contributed by atoms with Crippen LogP contribution in [0, 0.1) is 0 Å². The highest BCUT2D eigenvalue weighted by Crippen LogP contribution is 2.32. The molecule has 1 aliphatic heterocycles. The number of nitrogens with zero attached hydrogens (tertiary/aromatic N) is 2. The molecule has 31 heavy (non-hydrogen) atoms. The number of rotatable bonds is 5. The standard InChI is InChI=1S/C24H25N5O2/c1-2-15-11-19(30)6-8-20(15)16-3-7-21-22(12-16)28-29-23(21)24-26-13-17(27-24)4-5-18-14-31-10-9-25-18/h3-8,11-13,18,25,30H,2,9-10,14H2,1H3,(H,26,27)(H,28,29)/b5-4+/t18-/m0/s1. The van der Waals surface area contributed by atoms with Crippen molar-refractivity contribution in [1.82, 2.24) is 25.5 Å². The number of phenolic OH excluding ortho intramolecular Hbond substituents is 1. The number of nitrogens with one attached hydrogen (secondary N) is 3. The number of hydrogen-bond acceptors (Lipinski definition) is 5. The molecule has 3 heterocycles. The summed E-state index contributed by atoms with van der Waals surface area (Å²) in [5.74, 6) is 1.02. The van der Waals surface area contributed by atoms with Gasteiger partial charge in [0.1, 0.15) is 11.4 Å². The van der Waals surface area contributed by atoms with Crippen LogP contribution in [0.1, 0.15) is 18.2 Å². The Morgan fingerprint density at radius 1 is 1.23 bits per heavy atom. The van der Waals surface area contributed by atoms with Gasteiger partial charge in [-0.2, -0.15) is 5.10 Å². The Bertz CT molecular complexity index is 1230. The number of imidazole rings is 1. The van der Waals surface area contributed by atoms with Crippen LogP contribution in [0.3, 0.4) is 0 Å². The molecule has 0 unspecified atom stereocenters. The van der Waals surface area contributed by atoms with Crippen LogP contribution in [0.4, 0.5) is 0 Å². The first-order valence-electron chi connectivity index (χ1n) is 10.6. The van der Waals surface area contributed by atoms with E-state index in [1.807, 2.05) is 24.4 Å². The highest BCUT2D eigenvalue weighted by atomic mass is 16.5. The number of fused-ring (bicyclic) bond motifs is 1. The summed E-state index contributed by atoms with van der Waals surface area (Å²) in [5, 5.41) is 21.8. The number of aromatic hydroxyl groups is 1. The molecule has 0 saturated carbocycles. The summed E-state index contributed by atoms with van der Waals surface area (Å²) >= 11 is 0. The van der Waals surface area contributed by atoms with Crippen molar-refractivity contribution >= 4 is 17.0 Å². The van der Waals surface area contributed by atoms with Crippen LogP contribution >= 0.6 is 0 Å². The number of morpholine rings is 1. The van der Waals surface area contributed by atoms with Gasteiger partial charge in [0.2, 0.25) is 0 Å². The van der Waals surface area contributed by atoms with Gasteiger partial charge in [-0.25, -0.2) is 4.98 Å². The van der Waals surface area contributed by atoms with Gasteiger partial charge >= 0.3 is 0 Å². The number of H-pyrrole nitrogens is 2. The van der Waals surface area contributed by atoms with Gasteiger partial charge in [-0.05, 0) is 53.5 Å². The number of phenols is 1. The Kier molecular flexibility index (Phi) is 5.28. The minimum atomic E-state index is 0.214. The van der Waals surface area contributed by atoms with Gasteiger partial charge in [-0.15, -0.1) is 0 Å². The van der Waals surface area contributed by atoms with E-state index in [1.54, 1.807) is 6.07 Å². The Balaban J connectivity index is 1.42. The fraction of sp³-hybridized carbons (Fsp3) is 0.250. The van der Waals surface area contributed by atoms with Crippen LogP contribution in [0.2, 0.25) is 0 Å². The molecule has 2 aromatic heterocycles. The van der Waals surface area contributed by atoms with E-state index in [2.05, 4.69) is 56.7 Å². The molecule has 4 N–H and O–H groups in total. The molecule has 5 rings (SSSR count). The molecule has 2 aromatic carbocycles. The average Bonchev–Trinajstić information content (AvgIpc) is 3.44. The Labute approximate surface area is 180 Å². The molecule has 0 spiro atoms. The normalized spacial score (nSPS) is 17.0. The van der Waals surface area contributed by atoms with E-state index in [-0.39, 0.29) is 6.04 Å². The smallest absolute Gasteiger partial charge is 0.159 e. The number of aryl methyl sites for hydroxylation is 1. The topological polar surface area (TPSA) is 98.9 Å². The second-order valence-corrected chi connectivity index (χ2v) is 7.70. The van der Waals surface area contributed by atoms with Gasteiger partial charge in [0.25, 0.3) is 0 Å². The highest BCUT2D eigenvalue weighted by Gasteiger charge is 2.14. The zero-order chi connectivity index (χ0) is 21.2. The molecular formula is C24H25N5O2. The third kappa shape index (κ3) is 3.97. The second kappa shape index (κ2) is 8.37. The minimum absolute atomic E-state index is 0.214. The maximum atomic E-state index is 9.79. The fourth-order valence-corrected chi connectivity index (χ4v) is 3.99. The summed E-state index contributed by atoms with van der Waals surface area (Å²) in [5.41, 5.74) is 5.90. The fourth-order valence-electron chi connectivity index (χ4n) is 3.99. The molecule has 1 atom stereocenters. The van der Waals surface area contributed by atoms with Crippen molar-refractivity contribution in [2.45, 2.75) is 19.4 Å². The third-order valence-corrected chi connectivity index (χ3v) is 5.62. The van der Waals surface area contributed by atoms with Crippen LogP contribution in [0.5, 0.6) is 5.75 Å². The van der Waals surface area contributed by atoms with Crippen molar-refractivity contribution in [2.75, 3.05) is 19.8 Å². The van der Waals surface area contributed by atoms with Gasteiger partial charge < -0.3 is 20.1 Å². The number of aromatic amines is 2. The molecule has 4 aromatic rings. The summed E-state index contributed by atoms with van der Waals surface area (Å²) in [7, 11) is 0. The lowest BCUT2D eigenvalue weighted by atomic mass is 9.97. The largest absolute Gasteiger partial charge is 0.508 e. The Morgan fingerprint density at radius 2 is 2.16 bits per heavy atom. The molecule has 7 nitrogen and oxygen atoms in total. The third-order valence-electron chi connectivity index (χ3n) is 5.62. The van der Waals surface area contributed by atoms with E-state index in [0.29, 0.717) is 12.4 Å². The SMILES string of the molecule is CCc1cc(O)ccc1-c1ccc2c(-c3nc(/C=C/[C@H]4COCCN4)c[nH]3)n[nH]c2c1. The lowest BCUT2D eigenvalue weighted by Crippen LogP contribution is -2.39. The van der Waals surface area contributed by atoms with Crippen LogP contribution < -0.4 is 5.32 Å². The molecule has 7 heteroatoms. The molecule has 1 aliphatic rings. The summed E-state index contributed by atoms with van der Waals surface area (Å²) < 4.78 is 5.48. The predicted octanol–water partition coefficient (Wildman–Crippen LogP) is 3.89. The lowest BCUT2D eigenvalue weighted by molar-refractivity contribution is 0.0903. The highest BCUT2D eigenvalue weighted by molar-refractivity contribution is 5.94. The average molecular weight is 415 g/mol. The van der Waals surface area contributed by atoms with Gasteiger partial charge in [-0.3, -0.25) is 5.10 Å². The number of benzene rings is 2. The molecule has 1 fully saturated rings. The van der Waals surface area contributed by atoms with E-state index in [0.717, 1.165) is 64.4 Å². The van der Waals surface area contributed by atoms with Crippen LogP contribution in [0.15, 0.2) is 48.7 Å². The minimum Gasteiger partial charge on any atom is -0.508 e. The number of hydrogen-bond donors (Lipinski definition) is 4. The summed E-state index contributed by atoms with van der Waals surface area (Å²) in [6.07, 6.45) is 6.81. The van der Waals surface area contributed by atoms with Crippen LogP contribution in [0.25, 0.3) is 39.6 Å². The van der Waals surface area contributed by atoms with Gasteiger partial charge in [-0.1, -0.05) is 25.1 Å². The zero-order valence-corrected chi connectivity index (χ0v) is 17.4. The monoisotopic (exact) mass is 415 g/mol. The van der Waals surface area contributed by atoms with Crippen molar-refractivity contribution in [3.63, 3.8) is 0 Å². The van der Waals surface area contributed by atoms with Crippen LogP contribution in [-0.4, -0.2) is 51.1 Å². The summed E-state index contributed by atoms with van der Waals surface area (Å²) in [6, 6.07) is 12.0. The van der Waals surface area contributed by atoms with E-state index in [9.17, 15) is 5.11 Å².